The molecule has 0 spiro atoms. The highest BCUT2D eigenvalue weighted by Gasteiger charge is 2.34. The van der Waals surface area contributed by atoms with Crippen molar-refractivity contribution in [2.75, 3.05) is 26.7 Å². The Morgan fingerprint density at radius 2 is 1.88 bits per heavy atom. The Balaban J connectivity index is 1.45. The van der Waals surface area contributed by atoms with Crippen LogP contribution < -0.4 is 5.32 Å². The summed E-state index contributed by atoms with van der Waals surface area (Å²) in [6, 6.07) is 0.586. The second kappa shape index (κ2) is 8.16. The van der Waals surface area contributed by atoms with Crippen molar-refractivity contribution in [3.05, 3.63) is 11.7 Å². The number of rotatable bonds is 5. The Morgan fingerprint density at radius 1 is 1.19 bits per heavy atom. The molecule has 2 amide bonds. The van der Waals surface area contributed by atoms with Crippen molar-refractivity contribution < 1.29 is 14.1 Å². The van der Waals surface area contributed by atoms with Crippen molar-refractivity contribution >= 4 is 11.8 Å². The molecule has 144 valence electrons. The van der Waals surface area contributed by atoms with Crippen LogP contribution in [0.15, 0.2) is 4.52 Å². The number of carbonyl (C=O) groups excluding carboxylic acids is 2. The highest BCUT2D eigenvalue weighted by molar-refractivity contribution is 5.77. The molecule has 0 aliphatic carbocycles. The Kier molecular flexibility index (Phi) is 5.90. The van der Waals surface area contributed by atoms with Crippen LogP contribution in [0, 0.1) is 6.92 Å². The van der Waals surface area contributed by atoms with Gasteiger partial charge in [-0.1, -0.05) is 5.16 Å². The lowest BCUT2D eigenvalue weighted by Crippen LogP contribution is -2.44. The number of hydrogen-bond donors (Lipinski definition) is 1. The van der Waals surface area contributed by atoms with Crippen LogP contribution in [0.3, 0.4) is 0 Å². The van der Waals surface area contributed by atoms with E-state index >= 15 is 0 Å². The lowest BCUT2D eigenvalue weighted by Gasteiger charge is -2.32. The second-order valence-corrected chi connectivity index (χ2v) is 7.52. The van der Waals surface area contributed by atoms with Crippen LogP contribution in [-0.2, 0) is 9.59 Å². The summed E-state index contributed by atoms with van der Waals surface area (Å²) in [5, 5.41) is 6.90. The third-order valence-corrected chi connectivity index (χ3v) is 5.74. The standard InChI is InChI=1S/C18H29N5O3/c1-12(24)19-11-16-5-4-15(22(16)3)10-17(25)23-8-6-14(7-9-23)18-20-13(2)26-21-18/h14-16H,4-11H2,1-3H3,(H,19,24)/t15-,16+/m0/s1. The molecule has 8 heteroatoms. The maximum absolute atomic E-state index is 12.7. The first-order valence-corrected chi connectivity index (χ1v) is 9.48. The summed E-state index contributed by atoms with van der Waals surface area (Å²) in [6.45, 7) is 5.50. The highest BCUT2D eigenvalue weighted by atomic mass is 16.5. The Labute approximate surface area is 154 Å². The zero-order valence-corrected chi connectivity index (χ0v) is 15.9. The monoisotopic (exact) mass is 363 g/mol. The maximum Gasteiger partial charge on any atom is 0.224 e. The molecule has 1 aromatic heterocycles. The van der Waals surface area contributed by atoms with Crippen LogP contribution in [-0.4, -0.2) is 70.5 Å². The number of piperidine rings is 1. The summed E-state index contributed by atoms with van der Waals surface area (Å²) in [7, 11) is 2.06. The molecule has 0 unspecified atom stereocenters. The number of aryl methyl sites for hydroxylation is 1. The summed E-state index contributed by atoms with van der Waals surface area (Å²) < 4.78 is 5.06. The fraction of sp³-hybridized carbons (Fsp3) is 0.778. The van der Waals surface area contributed by atoms with Gasteiger partial charge in [0.05, 0.1) is 0 Å². The van der Waals surface area contributed by atoms with Crippen LogP contribution in [0.4, 0.5) is 0 Å². The number of nitrogens with zero attached hydrogens (tertiary/aromatic N) is 4. The van der Waals surface area contributed by atoms with Crippen LogP contribution in [0.1, 0.15) is 56.7 Å². The summed E-state index contributed by atoms with van der Waals surface area (Å²) >= 11 is 0. The summed E-state index contributed by atoms with van der Waals surface area (Å²) in [5.41, 5.74) is 0. The van der Waals surface area contributed by atoms with E-state index in [9.17, 15) is 9.59 Å². The van der Waals surface area contributed by atoms with E-state index in [0.717, 1.165) is 44.6 Å². The van der Waals surface area contributed by atoms with Crippen LogP contribution in [0.2, 0.25) is 0 Å². The first kappa shape index (κ1) is 18.8. The fourth-order valence-corrected chi connectivity index (χ4v) is 4.04. The van der Waals surface area contributed by atoms with Gasteiger partial charge in [-0.2, -0.15) is 4.98 Å². The Hall–Kier alpha value is -1.96. The third-order valence-electron chi connectivity index (χ3n) is 5.74. The molecule has 0 aromatic carbocycles. The minimum Gasteiger partial charge on any atom is -0.355 e. The van der Waals surface area contributed by atoms with E-state index in [-0.39, 0.29) is 23.8 Å². The highest BCUT2D eigenvalue weighted by Crippen LogP contribution is 2.28. The number of hydrogen-bond acceptors (Lipinski definition) is 6. The van der Waals surface area contributed by atoms with Gasteiger partial charge in [0.25, 0.3) is 0 Å². The van der Waals surface area contributed by atoms with Gasteiger partial charge in [-0.05, 0) is 32.7 Å². The molecule has 2 atom stereocenters. The molecule has 3 rings (SSSR count). The molecule has 0 radical (unpaired) electrons. The molecular formula is C18H29N5O3. The Morgan fingerprint density at radius 3 is 2.50 bits per heavy atom. The molecule has 1 N–H and O–H groups in total. The van der Waals surface area contributed by atoms with E-state index in [1.54, 1.807) is 6.92 Å². The topological polar surface area (TPSA) is 91.6 Å². The maximum atomic E-state index is 12.7. The summed E-state index contributed by atoms with van der Waals surface area (Å²) in [6.07, 6.45) is 4.35. The molecule has 3 heterocycles. The van der Waals surface area contributed by atoms with E-state index in [4.69, 9.17) is 4.52 Å². The van der Waals surface area contributed by atoms with Gasteiger partial charge in [-0.15, -0.1) is 0 Å². The molecule has 2 aliphatic rings. The van der Waals surface area contributed by atoms with E-state index in [1.807, 2.05) is 4.90 Å². The van der Waals surface area contributed by atoms with Crippen molar-refractivity contribution in [3.63, 3.8) is 0 Å². The predicted molar refractivity (Wildman–Crippen MR) is 95.5 cm³/mol. The van der Waals surface area contributed by atoms with E-state index in [2.05, 4.69) is 27.4 Å². The summed E-state index contributed by atoms with van der Waals surface area (Å²) in [4.78, 5) is 32.3. The molecule has 0 saturated carbocycles. The summed E-state index contributed by atoms with van der Waals surface area (Å²) in [5.74, 6) is 1.87. The number of amides is 2. The zero-order valence-electron chi connectivity index (χ0n) is 15.9. The van der Waals surface area contributed by atoms with E-state index < -0.39 is 0 Å². The average molecular weight is 363 g/mol. The molecule has 0 bridgehead atoms. The van der Waals surface area contributed by atoms with Gasteiger partial charge in [0, 0.05) is 57.9 Å². The normalized spacial score (nSPS) is 24.8. The molecule has 2 aliphatic heterocycles. The third kappa shape index (κ3) is 4.41. The fourth-order valence-electron chi connectivity index (χ4n) is 4.04. The van der Waals surface area contributed by atoms with Gasteiger partial charge in [-0.25, -0.2) is 0 Å². The van der Waals surface area contributed by atoms with Gasteiger partial charge in [0.2, 0.25) is 17.7 Å². The van der Waals surface area contributed by atoms with E-state index in [0.29, 0.717) is 24.9 Å². The second-order valence-electron chi connectivity index (χ2n) is 7.52. The smallest absolute Gasteiger partial charge is 0.224 e. The van der Waals surface area contributed by atoms with Crippen molar-refractivity contribution in [1.82, 2.24) is 25.3 Å². The SMILES string of the molecule is CC(=O)NC[C@H]1CC[C@@H](CC(=O)N2CCC(c3noc(C)n3)CC2)N1C. The lowest BCUT2D eigenvalue weighted by molar-refractivity contribution is -0.133. The van der Waals surface area contributed by atoms with Crippen LogP contribution in [0.25, 0.3) is 0 Å². The molecular weight excluding hydrogens is 334 g/mol. The van der Waals surface area contributed by atoms with E-state index in [1.165, 1.54) is 6.92 Å². The van der Waals surface area contributed by atoms with Crippen molar-refractivity contribution in [2.24, 2.45) is 0 Å². The largest absolute Gasteiger partial charge is 0.355 e. The predicted octanol–water partition coefficient (Wildman–Crippen LogP) is 1.07. The lowest BCUT2D eigenvalue weighted by atomic mass is 9.95. The molecule has 8 nitrogen and oxygen atoms in total. The van der Waals surface area contributed by atoms with Gasteiger partial charge in [0.1, 0.15) is 0 Å². The van der Waals surface area contributed by atoms with Gasteiger partial charge >= 0.3 is 0 Å². The first-order valence-electron chi connectivity index (χ1n) is 9.48. The number of aromatic nitrogens is 2. The quantitative estimate of drug-likeness (QED) is 0.841. The molecule has 2 fully saturated rings. The molecule has 26 heavy (non-hydrogen) atoms. The minimum atomic E-state index is -0.00223. The number of likely N-dealkylation sites (N-methyl/N-ethyl adjacent to an activating group) is 1. The van der Waals surface area contributed by atoms with Crippen LogP contribution >= 0.6 is 0 Å². The van der Waals surface area contributed by atoms with Crippen molar-refractivity contribution in [3.8, 4) is 0 Å². The molecule has 2 saturated heterocycles. The van der Waals surface area contributed by atoms with Crippen molar-refractivity contribution in [1.29, 1.82) is 0 Å². The number of carbonyl (C=O) groups is 2. The minimum absolute atomic E-state index is 0.00223. The van der Waals surface area contributed by atoms with Gasteiger partial charge in [-0.3, -0.25) is 14.5 Å². The average Bonchev–Trinajstić information content (AvgIpc) is 3.20. The molecule has 1 aromatic rings. The number of nitrogens with one attached hydrogen (secondary N) is 1. The van der Waals surface area contributed by atoms with Crippen molar-refractivity contribution in [2.45, 2.75) is 64.0 Å². The first-order chi connectivity index (χ1) is 12.4. The van der Waals surface area contributed by atoms with Gasteiger partial charge in [0.15, 0.2) is 5.82 Å². The van der Waals surface area contributed by atoms with Crippen LogP contribution in [0.5, 0.6) is 0 Å². The Bertz CT molecular complexity index is 639. The number of likely N-dealkylation sites (tertiary alicyclic amines) is 2. The van der Waals surface area contributed by atoms with Gasteiger partial charge < -0.3 is 14.7 Å². The zero-order chi connectivity index (χ0) is 18.7.